The summed E-state index contributed by atoms with van der Waals surface area (Å²) < 4.78 is 4.73. The molecule has 0 aromatic heterocycles. The number of rotatable bonds is 3. The van der Waals surface area contributed by atoms with Gasteiger partial charge in [0.1, 0.15) is 0 Å². The van der Waals surface area contributed by atoms with E-state index < -0.39 is 4.92 Å². The molecule has 0 saturated heterocycles. The summed E-state index contributed by atoms with van der Waals surface area (Å²) in [7, 11) is 1.30. The fourth-order valence-electron chi connectivity index (χ4n) is 0.892. The quantitative estimate of drug-likeness (QED) is 0.515. The van der Waals surface area contributed by atoms with E-state index in [1.807, 2.05) is 0 Å². The summed E-state index contributed by atoms with van der Waals surface area (Å²) >= 11 is 0. The van der Waals surface area contributed by atoms with Gasteiger partial charge in [0, 0.05) is 11.6 Å². The van der Waals surface area contributed by atoms with E-state index in [0.717, 1.165) is 0 Å². The van der Waals surface area contributed by atoms with E-state index in [2.05, 4.69) is 0 Å². The predicted octanol–water partition coefficient (Wildman–Crippen LogP) is 1.06. The second-order valence-electron chi connectivity index (χ2n) is 2.25. The van der Waals surface area contributed by atoms with Crippen LogP contribution in [0.5, 0.6) is 5.75 Å². The molecule has 13 heavy (non-hydrogen) atoms. The smallest absolute Gasteiger partial charge is 0.310 e. The van der Waals surface area contributed by atoms with Crippen LogP contribution in [-0.4, -0.2) is 18.3 Å². The minimum Gasteiger partial charge on any atom is -0.490 e. The minimum absolute atomic E-state index is 0.0610. The molecule has 1 aromatic rings. The van der Waals surface area contributed by atoms with E-state index in [4.69, 9.17) is 4.74 Å². The van der Waals surface area contributed by atoms with Crippen LogP contribution in [0.3, 0.4) is 0 Å². The van der Waals surface area contributed by atoms with Crippen molar-refractivity contribution in [1.29, 1.82) is 0 Å². The third-order valence-corrected chi connectivity index (χ3v) is 1.49. The van der Waals surface area contributed by atoms with Crippen molar-refractivity contribution in [3.8, 4) is 5.75 Å². The Balaban J connectivity index is 3.23. The molecule has 0 aliphatic carbocycles. The predicted molar refractivity (Wildman–Crippen MR) is 44.4 cm³/mol. The number of hydrogen-bond acceptors (Lipinski definition) is 4. The van der Waals surface area contributed by atoms with Gasteiger partial charge >= 0.3 is 5.69 Å². The minimum atomic E-state index is -0.576. The van der Waals surface area contributed by atoms with Crippen molar-refractivity contribution >= 4 is 12.0 Å². The zero-order valence-corrected chi connectivity index (χ0v) is 6.81. The van der Waals surface area contributed by atoms with Crippen LogP contribution in [0, 0.1) is 10.1 Å². The molecule has 1 aromatic carbocycles. The molecule has 0 atom stereocenters. The van der Waals surface area contributed by atoms with Gasteiger partial charge in [0.2, 0.25) is 6.29 Å². The van der Waals surface area contributed by atoms with Gasteiger partial charge in [0.25, 0.3) is 0 Å². The summed E-state index contributed by atoms with van der Waals surface area (Å²) in [6, 6.07) is 3.79. The second-order valence-corrected chi connectivity index (χ2v) is 2.25. The Morgan fingerprint density at radius 2 is 2.23 bits per heavy atom. The van der Waals surface area contributed by atoms with Crippen LogP contribution < -0.4 is 4.74 Å². The Hall–Kier alpha value is -1.91. The maximum absolute atomic E-state index is 10.4. The number of nitrogens with zero attached hydrogens (tertiary/aromatic N) is 1. The first-order chi connectivity index (χ1) is 6.19. The van der Waals surface area contributed by atoms with Gasteiger partial charge in [-0.05, 0) is 12.1 Å². The SMILES string of the molecule is COc1cc([C]=O)ccc1[N+](=O)[O-]. The summed E-state index contributed by atoms with van der Waals surface area (Å²) in [5.41, 5.74) is 0.0592. The molecule has 67 valence electrons. The van der Waals surface area contributed by atoms with Crippen molar-refractivity contribution in [3.05, 3.63) is 33.9 Å². The summed E-state index contributed by atoms with van der Waals surface area (Å²) in [4.78, 5) is 20.0. The molecule has 0 fully saturated rings. The number of carbonyl (C=O) groups excluding carboxylic acids is 1. The summed E-state index contributed by atoms with van der Waals surface area (Å²) in [5, 5.41) is 10.4. The maximum atomic E-state index is 10.4. The zero-order chi connectivity index (χ0) is 9.84. The maximum Gasteiger partial charge on any atom is 0.310 e. The van der Waals surface area contributed by atoms with Crippen molar-refractivity contribution in [2.24, 2.45) is 0 Å². The van der Waals surface area contributed by atoms with Crippen molar-refractivity contribution in [3.63, 3.8) is 0 Å². The number of hydrogen-bond donors (Lipinski definition) is 0. The lowest BCUT2D eigenvalue weighted by atomic mass is 10.2. The molecule has 1 radical (unpaired) electrons. The number of nitro groups is 1. The van der Waals surface area contributed by atoms with Crippen molar-refractivity contribution < 1.29 is 14.5 Å². The third-order valence-electron chi connectivity index (χ3n) is 1.49. The van der Waals surface area contributed by atoms with Crippen LogP contribution >= 0.6 is 0 Å². The molecule has 5 heteroatoms. The van der Waals surface area contributed by atoms with Crippen LogP contribution in [-0.2, 0) is 4.79 Å². The van der Waals surface area contributed by atoms with Crippen LogP contribution in [0.4, 0.5) is 5.69 Å². The molecule has 0 spiro atoms. The van der Waals surface area contributed by atoms with Crippen molar-refractivity contribution in [2.45, 2.75) is 0 Å². The van der Waals surface area contributed by atoms with E-state index in [1.54, 1.807) is 6.29 Å². The van der Waals surface area contributed by atoms with Crippen molar-refractivity contribution in [2.75, 3.05) is 7.11 Å². The average Bonchev–Trinajstić information content (AvgIpc) is 2.16. The summed E-state index contributed by atoms with van der Waals surface area (Å²) in [5.74, 6) is 0.0610. The monoisotopic (exact) mass is 180 g/mol. The molecule has 0 bridgehead atoms. The molecule has 0 aliphatic rings. The Morgan fingerprint density at radius 3 is 2.69 bits per heavy atom. The van der Waals surface area contributed by atoms with Gasteiger partial charge in [0.15, 0.2) is 5.75 Å². The van der Waals surface area contributed by atoms with E-state index >= 15 is 0 Å². The largest absolute Gasteiger partial charge is 0.490 e. The molecule has 1 rings (SSSR count). The van der Waals surface area contributed by atoms with Gasteiger partial charge in [-0.3, -0.25) is 14.9 Å². The van der Waals surface area contributed by atoms with E-state index in [-0.39, 0.29) is 17.0 Å². The fourth-order valence-corrected chi connectivity index (χ4v) is 0.892. The Labute approximate surface area is 74.1 Å². The normalized spacial score (nSPS) is 9.31. The number of nitro benzene ring substituents is 1. The molecule has 0 amide bonds. The summed E-state index contributed by atoms with van der Waals surface area (Å²) in [6.45, 7) is 0. The molecular weight excluding hydrogens is 174 g/mol. The Morgan fingerprint density at radius 1 is 1.54 bits per heavy atom. The van der Waals surface area contributed by atoms with E-state index in [0.29, 0.717) is 0 Å². The van der Waals surface area contributed by atoms with Crippen LogP contribution in [0.15, 0.2) is 18.2 Å². The molecular formula is C8H6NO4. The van der Waals surface area contributed by atoms with Crippen LogP contribution in [0.1, 0.15) is 5.56 Å². The highest BCUT2D eigenvalue weighted by molar-refractivity contribution is 5.77. The third kappa shape index (κ3) is 1.81. The lowest BCUT2D eigenvalue weighted by Crippen LogP contribution is -1.94. The number of benzene rings is 1. The van der Waals surface area contributed by atoms with Gasteiger partial charge in [-0.25, -0.2) is 0 Å². The number of methoxy groups -OCH3 is 1. The fraction of sp³-hybridized carbons (Fsp3) is 0.125. The van der Waals surface area contributed by atoms with Gasteiger partial charge in [-0.2, -0.15) is 0 Å². The molecule has 0 heterocycles. The van der Waals surface area contributed by atoms with Gasteiger partial charge in [-0.1, -0.05) is 0 Å². The standard InChI is InChI=1S/C8H6NO4/c1-13-8-4-6(5-10)2-3-7(8)9(11)12/h2-4H,1H3. The van der Waals surface area contributed by atoms with Crippen molar-refractivity contribution in [1.82, 2.24) is 0 Å². The zero-order valence-electron chi connectivity index (χ0n) is 6.81. The highest BCUT2D eigenvalue weighted by Crippen LogP contribution is 2.26. The molecule has 5 nitrogen and oxygen atoms in total. The first-order valence-corrected chi connectivity index (χ1v) is 3.39. The topological polar surface area (TPSA) is 69.4 Å². The molecule has 0 N–H and O–H groups in total. The first-order valence-electron chi connectivity index (χ1n) is 3.39. The van der Waals surface area contributed by atoms with E-state index in [1.165, 1.54) is 25.3 Å². The molecule has 0 unspecified atom stereocenters. The molecule has 0 aliphatic heterocycles. The highest BCUT2D eigenvalue weighted by Gasteiger charge is 2.14. The van der Waals surface area contributed by atoms with Gasteiger partial charge in [0.05, 0.1) is 12.0 Å². The Kier molecular flexibility index (Phi) is 2.59. The Bertz CT molecular complexity index is 348. The number of ether oxygens (including phenoxy) is 1. The average molecular weight is 180 g/mol. The molecule has 0 saturated carbocycles. The summed E-state index contributed by atoms with van der Waals surface area (Å²) in [6.07, 6.45) is 1.62. The van der Waals surface area contributed by atoms with Gasteiger partial charge in [-0.15, -0.1) is 0 Å². The second kappa shape index (κ2) is 3.66. The lowest BCUT2D eigenvalue weighted by molar-refractivity contribution is -0.385. The first kappa shape index (κ1) is 9.18. The van der Waals surface area contributed by atoms with Crippen LogP contribution in [0.2, 0.25) is 0 Å². The highest BCUT2D eigenvalue weighted by atomic mass is 16.6. The van der Waals surface area contributed by atoms with Crippen LogP contribution in [0.25, 0.3) is 0 Å². The van der Waals surface area contributed by atoms with Gasteiger partial charge < -0.3 is 4.74 Å². The lowest BCUT2D eigenvalue weighted by Gasteiger charge is -2.00. The van der Waals surface area contributed by atoms with E-state index in [9.17, 15) is 14.9 Å².